The molecule has 0 radical (unpaired) electrons. The molecule has 1 nitrogen and oxygen atoms in total. The van der Waals surface area contributed by atoms with E-state index < -0.39 is 0 Å². The minimum Gasteiger partial charge on any atom is -0.299 e. The van der Waals surface area contributed by atoms with Gasteiger partial charge in [-0.15, -0.1) is 0 Å². The second-order valence-electron chi connectivity index (χ2n) is 6.67. The van der Waals surface area contributed by atoms with E-state index >= 15 is 0 Å². The Kier molecular flexibility index (Phi) is 15.8. The molecule has 0 saturated heterocycles. The summed E-state index contributed by atoms with van der Waals surface area (Å²) < 4.78 is 0. The summed E-state index contributed by atoms with van der Waals surface area (Å²) in [4.78, 5) is 12.2. The minimum atomic E-state index is 0.372. The smallest absolute Gasteiger partial charge is 0.135 e. The molecule has 0 heterocycles. The number of hydrogen-bond donors (Lipinski definition) is 0. The summed E-state index contributed by atoms with van der Waals surface area (Å²) in [7, 11) is 0. The maximum absolute atomic E-state index is 12.2. The lowest BCUT2D eigenvalue weighted by Crippen LogP contribution is -2.14. The number of carbonyl (C=O) groups excluding carboxylic acids is 1. The molecule has 0 spiro atoms. The first kappa shape index (κ1) is 20.7. The highest BCUT2D eigenvalue weighted by Gasteiger charge is 2.16. The summed E-state index contributed by atoms with van der Waals surface area (Å²) in [6, 6.07) is 0. The molecule has 0 bridgehead atoms. The summed E-state index contributed by atoms with van der Waals surface area (Å²) in [5, 5.41) is 0. The summed E-state index contributed by atoms with van der Waals surface area (Å²) in [6.45, 7) is 6.67. The molecule has 0 aliphatic heterocycles. The summed E-state index contributed by atoms with van der Waals surface area (Å²) in [6.07, 6.45) is 18.7. The van der Waals surface area contributed by atoms with Gasteiger partial charge in [0.05, 0.1) is 0 Å². The molecule has 0 aliphatic carbocycles. The molecular weight excluding hydrogens is 256 g/mol. The molecule has 1 heteroatoms. The Morgan fingerprint density at radius 2 is 1.10 bits per heavy atom. The molecule has 0 aromatic rings. The van der Waals surface area contributed by atoms with Crippen molar-refractivity contribution in [3.05, 3.63) is 0 Å². The van der Waals surface area contributed by atoms with Crippen LogP contribution in [0.3, 0.4) is 0 Å². The standard InChI is InChI=1S/C20H40O/c1-4-7-10-11-12-13-14-15-17-19(16-8-5-2)20(21)18-9-6-3/h19H,4-18H2,1-3H3. The SMILES string of the molecule is CCCCCCCCCCC(CCCC)C(=O)CCCC. The molecule has 0 saturated carbocycles. The molecule has 0 fully saturated rings. The summed E-state index contributed by atoms with van der Waals surface area (Å²) >= 11 is 0. The molecular formula is C20H40O. The Morgan fingerprint density at radius 1 is 0.619 bits per heavy atom. The van der Waals surface area contributed by atoms with Crippen LogP contribution in [0.4, 0.5) is 0 Å². The van der Waals surface area contributed by atoms with Crippen molar-refractivity contribution in [2.75, 3.05) is 0 Å². The van der Waals surface area contributed by atoms with Gasteiger partial charge in [-0.3, -0.25) is 4.79 Å². The van der Waals surface area contributed by atoms with Crippen LogP contribution in [0.15, 0.2) is 0 Å². The number of carbonyl (C=O) groups is 1. The summed E-state index contributed by atoms with van der Waals surface area (Å²) in [5.41, 5.74) is 0. The lowest BCUT2D eigenvalue weighted by molar-refractivity contribution is -0.123. The third-order valence-corrected chi connectivity index (χ3v) is 4.54. The molecule has 0 amide bonds. The largest absolute Gasteiger partial charge is 0.299 e. The fourth-order valence-electron chi connectivity index (χ4n) is 3.00. The quantitative estimate of drug-likeness (QED) is 0.278. The lowest BCUT2D eigenvalue weighted by atomic mass is 9.89. The van der Waals surface area contributed by atoms with Crippen molar-refractivity contribution in [3.63, 3.8) is 0 Å². The fraction of sp³-hybridized carbons (Fsp3) is 0.950. The average molecular weight is 297 g/mol. The first-order valence-electron chi connectivity index (χ1n) is 9.78. The van der Waals surface area contributed by atoms with Gasteiger partial charge in [0.15, 0.2) is 0 Å². The van der Waals surface area contributed by atoms with Gasteiger partial charge < -0.3 is 0 Å². The van der Waals surface area contributed by atoms with Crippen LogP contribution in [-0.2, 0) is 4.79 Å². The van der Waals surface area contributed by atoms with Crippen LogP contribution in [-0.4, -0.2) is 5.78 Å². The molecule has 0 aromatic heterocycles. The zero-order valence-electron chi connectivity index (χ0n) is 15.1. The first-order valence-corrected chi connectivity index (χ1v) is 9.78. The highest BCUT2D eigenvalue weighted by atomic mass is 16.1. The molecule has 1 atom stereocenters. The first-order chi connectivity index (χ1) is 10.3. The zero-order valence-corrected chi connectivity index (χ0v) is 15.1. The number of ketones is 1. The van der Waals surface area contributed by atoms with Crippen molar-refractivity contribution in [1.29, 1.82) is 0 Å². The van der Waals surface area contributed by atoms with Crippen molar-refractivity contribution < 1.29 is 4.79 Å². The van der Waals surface area contributed by atoms with Gasteiger partial charge in [-0.25, -0.2) is 0 Å². The van der Waals surface area contributed by atoms with E-state index in [0.717, 1.165) is 32.1 Å². The van der Waals surface area contributed by atoms with E-state index in [4.69, 9.17) is 0 Å². The molecule has 21 heavy (non-hydrogen) atoms. The van der Waals surface area contributed by atoms with Crippen LogP contribution in [0.1, 0.15) is 117 Å². The predicted octanol–water partition coefficient (Wildman–Crippen LogP) is 7.08. The number of hydrogen-bond acceptors (Lipinski definition) is 1. The second kappa shape index (κ2) is 16.0. The van der Waals surface area contributed by atoms with Crippen molar-refractivity contribution >= 4 is 5.78 Å². The monoisotopic (exact) mass is 296 g/mol. The van der Waals surface area contributed by atoms with Crippen LogP contribution in [0.25, 0.3) is 0 Å². The molecule has 0 rings (SSSR count). The molecule has 0 aliphatic rings. The van der Waals surface area contributed by atoms with Gasteiger partial charge >= 0.3 is 0 Å². The van der Waals surface area contributed by atoms with E-state index in [0.29, 0.717) is 11.7 Å². The van der Waals surface area contributed by atoms with Crippen molar-refractivity contribution in [2.45, 2.75) is 117 Å². The van der Waals surface area contributed by atoms with Gasteiger partial charge in [-0.05, 0) is 19.3 Å². The van der Waals surface area contributed by atoms with Gasteiger partial charge in [0.1, 0.15) is 5.78 Å². The van der Waals surface area contributed by atoms with Crippen molar-refractivity contribution in [1.82, 2.24) is 0 Å². The van der Waals surface area contributed by atoms with Gasteiger partial charge in [0, 0.05) is 12.3 Å². The van der Waals surface area contributed by atoms with Crippen LogP contribution in [0.2, 0.25) is 0 Å². The summed E-state index contributed by atoms with van der Waals surface area (Å²) in [5.74, 6) is 0.921. The zero-order chi connectivity index (χ0) is 15.8. The Bertz CT molecular complexity index is 222. The van der Waals surface area contributed by atoms with Crippen LogP contribution >= 0.6 is 0 Å². The van der Waals surface area contributed by atoms with Gasteiger partial charge in [0.2, 0.25) is 0 Å². The Labute approximate surface area is 134 Å². The van der Waals surface area contributed by atoms with Crippen LogP contribution in [0, 0.1) is 5.92 Å². The minimum absolute atomic E-state index is 0.372. The highest BCUT2D eigenvalue weighted by molar-refractivity contribution is 5.80. The van der Waals surface area contributed by atoms with Crippen LogP contribution in [0.5, 0.6) is 0 Å². The topological polar surface area (TPSA) is 17.1 Å². The fourth-order valence-corrected chi connectivity index (χ4v) is 3.00. The molecule has 126 valence electrons. The van der Waals surface area contributed by atoms with Crippen molar-refractivity contribution in [3.8, 4) is 0 Å². The Balaban J connectivity index is 3.72. The predicted molar refractivity (Wildman–Crippen MR) is 94.8 cm³/mol. The Morgan fingerprint density at radius 3 is 1.67 bits per heavy atom. The Hall–Kier alpha value is -0.330. The van der Waals surface area contributed by atoms with E-state index in [9.17, 15) is 4.79 Å². The second-order valence-corrected chi connectivity index (χ2v) is 6.67. The van der Waals surface area contributed by atoms with Crippen LogP contribution < -0.4 is 0 Å². The van der Waals surface area contributed by atoms with Gasteiger partial charge in [-0.2, -0.15) is 0 Å². The van der Waals surface area contributed by atoms with E-state index in [1.807, 2.05) is 0 Å². The van der Waals surface area contributed by atoms with Gasteiger partial charge in [-0.1, -0.05) is 91.4 Å². The lowest BCUT2D eigenvalue weighted by Gasteiger charge is -2.15. The van der Waals surface area contributed by atoms with E-state index in [-0.39, 0.29) is 0 Å². The van der Waals surface area contributed by atoms with E-state index in [2.05, 4.69) is 20.8 Å². The maximum Gasteiger partial charge on any atom is 0.135 e. The third kappa shape index (κ3) is 13.1. The van der Waals surface area contributed by atoms with E-state index in [1.165, 1.54) is 64.2 Å². The normalized spacial score (nSPS) is 12.5. The molecule has 0 N–H and O–H groups in total. The molecule has 0 aromatic carbocycles. The number of rotatable bonds is 16. The highest BCUT2D eigenvalue weighted by Crippen LogP contribution is 2.21. The third-order valence-electron chi connectivity index (χ3n) is 4.54. The molecule has 1 unspecified atom stereocenters. The number of unbranched alkanes of at least 4 members (excludes halogenated alkanes) is 9. The van der Waals surface area contributed by atoms with Gasteiger partial charge in [0.25, 0.3) is 0 Å². The number of Topliss-reactive ketones (excluding diaryl/α,β-unsaturated/α-hetero) is 1. The van der Waals surface area contributed by atoms with E-state index in [1.54, 1.807) is 0 Å². The van der Waals surface area contributed by atoms with Crippen molar-refractivity contribution in [2.24, 2.45) is 5.92 Å². The average Bonchev–Trinajstić information content (AvgIpc) is 2.50. The maximum atomic E-state index is 12.2.